The molecule has 2 amide bonds. The predicted octanol–water partition coefficient (Wildman–Crippen LogP) is 0.202. The molecular formula is C12H25N3O2. The summed E-state index contributed by atoms with van der Waals surface area (Å²) in [4.78, 5) is 24.7. The normalized spacial score (nSPS) is 10.8. The number of hydrogen-bond acceptors (Lipinski definition) is 3. The molecular weight excluding hydrogens is 218 g/mol. The highest BCUT2D eigenvalue weighted by molar-refractivity contribution is 5.85. The summed E-state index contributed by atoms with van der Waals surface area (Å²) in [5.74, 6) is 0.493. The number of amides is 2. The minimum absolute atomic E-state index is 0.0372. The summed E-state index contributed by atoms with van der Waals surface area (Å²) in [6, 6.07) is 0. The van der Waals surface area contributed by atoms with Gasteiger partial charge in [0, 0.05) is 13.1 Å². The number of rotatable bonds is 7. The van der Waals surface area contributed by atoms with Gasteiger partial charge in [0.25, 0.3) is 0 Å². The van der Waals surface area contributed by atoms with Crippen molar-refractivity contribution in [3.63, 3.8) is 0 Å². The van der Waals surface area contributed by atoms with Gasteiger partial charge in [-0.1, -0.05) is 27.7 Å². The molecule has 0 aromatic rings. The fourth-order valence-electron chi connectivity index (χ4n) is 1.52. The van der Waals surface area contributed by atoms with Gasteiger partial charge in [-0.3, -0.25) is 9.59 Å². The molecule has 0 unspecified atom stereocenters. The summed E-state index contributed by atoms with van der Waals surface area (Å²) in [7, 11) is 0. The van der Waals surface area contributed by atoms with Gasteiger partial charge >= 0.3 is 0 Å². The van der Waals surface area contributed by atoms with Gasteiger partial charge in [0.15, 0.2) is 0 Å². The molecule has 0 heterocycles. The van der Waals surface area contributed by atoms with E-state index in [1.165, 1.54) is 0 Å². The Bertz CT molecular complexity index is 242. The maximum atomic E-state index is 11.9. The molecule has 0 aliphatic carbocycles. The average Bonchev–Trinajstić information content (AvgIpc) is 2.23. The fraction of sp³-hybridized carbons (Fsp3) is 0.833. The second-order valence-corrected chi connectivity index (χ2v) is 5.07. The van der Waals surface area contributed by atoms with Gasteiger partial charge in [-0.2, -0.15) is 0 Å². The second-order valence-electron chi connectivity index (χ2n) is 5.07. The highest BCUT2D eigenvalue weighted by atomic mass is 16.2. The Hall–Kier alpha value is -1.10. The number of hydrogen-bond donors (Lipinski definition) is 2. The molecule has 3 N–H and O–H groups in total. The lowest BCUT2D eigenvalue weighted by molar-refractivity contribution is -0.133. The van der Waals surface area contributed by atoms with Crippen molar-refractivity contribution in [2.45, 2.75) is 27.7 Å². The van der Waals surface area contributed by atoms with Crippen LogP contribution in [0.1, 0.15) is 27.7 Å². The fourth-order valence-corrected chi connectivity index (χ4v) is 1.52. The maximum absolute atomic E-state index is 11.9. The summed E-state index contributed by atoms with van der Waals surface area (Å²) in [6.45, 7) is 9.67. The van der Waals surface area contributed by atoms with Gasteiger partial charge in [-0.25, -0.2) is 0 Å². The minimum atomic E-state index is -0.299. The highest BCUT2D eigenvalue weighted by Crippen LogP contribution is 2.03. The number of nitrogens with two attached hydrogens (primary N) is 1. The molecule has 0 aromatic heterocycles. The van der Waals surface area contributed by atoms with Gasteiger partial charge in [0.1, 0.15) is 0 Å². The molecule has 0 saturated heterocycles. The Morgan fingerprint density at radius 1 is 1.12 bits per heavy atom. The molecule has 0 radical (unpaired) electrons. The first-order chi connectivity index (χ1) is 7.86. The quantitative estimate of drug-likeness (QED) is 0.671. The molecule has 5 heteroatoms. The first kappa shape index (κ1) is 15.9. The zero-order chi connectivity index (χ0) is 13.4. The van der Waals surface area contributed by atoms with Gasteiger partial charge < -0.3 is 16.0 Å². The summed E-state index contributed by atoms with van der Waals surface area (Å²) in [5.41, 5.74) is 5.16. The molecule has 0 aliphatic rings. The lowest BCUT2D eigenvalue weighted by atomic mass is 10.1. The van der Waals surface area contributed by atoms with Gasteiger partial charge in [0.05, 0.1) is 13.1 Å². The monoisotopic (exact) mass is 243 g/mol. The number of carbonyl (C=O) groups is 2. The molecule has 0 rings (SSSR count). The van der Waals surface area contributed by atoms with E-state index < -0.39 is 0 Å². The van der Waals surface area contributed by atoms with E-state index in [0.29, 0.717) is 11.8 Å². The van der Waals surface area contributed by atoms with Crippen LogP contribution in [0.5, 0.6) is 0 Å². The SMILES string of the molecule is CC(C)CN(CC(C)C)C(=O)CNC(=O)CN. The van der Waals surface area contributed by atoms with Crippen molar-refractivity contribution < 1.29 is 9.59 Å². The topological polar surface area (TPSA) is 75.4 Å². The zero-order valence-corrected chi connectivity index (χ0v) is 11.3. The van der Waals surface area contributed by atoms with Crippen molar-refractivity contribution in [2.75, 3.05) is 26.2 Å². The first-order valence-electron chi connectivity index (χ1n) is 6.11. The zero-order valence-electron chi connectivity index (χ0n) is 11.3. The Morgan fingerprint density at radius 3 is 1.94 bits per heavy atom. The summed E-state index contributed by atoms with van der Waals surface area (Å²) in [5, 5.41) is 2.50. The minimum Gasteiger partial charge on any atom is -0.346 e. The van der Waals surface area contributed by atoms with Crippen LogP contribution >= 0.6 is 0 Å². The van der Waals surface area contributed by atoms with Gasteiger partial charge in [0.2, 0.25) is 11.8 Å². The van der Waals surface area contributed by atoms with E-state index in [4.69, 9.17) is 5.73 Å². The van der Waals surface area contributed by atoms with Crippen molar-refractivity contribution in [3.05, 3.63) is 0 Å². The summed E-state index contributed by atoms with van der Waals surface area (Å²) < 4.78 is 0. The van der Waals surface area contributed by atoms with Crippen LogP contribution in [-0.2, 0) is 9.59 Å². The number of carbonyl (C=O) groups excluding carboxylic acids is 2. The van der Waals surface area contributed by atoms with E-state index in [1.807, 2.05) is 0 Å². The van der Waals surface area contributed by atoms with E-state index in [-0.39, 0.29) is 24.9 Å². The number of nitrogens with one attached hydrogen (secondary N) is 1. The van der Waals surface area contributed by atoms with E-state index in [1.54, 1.807) is 4.90 Å². The second kappa shape index (κ2) is 8.06. The maximum Gasteiger partial charge on any atom is 0.241 e. The molecule has 0 bridgehead atoms. The molecule has 0 atom stereocenters. The van der Waals surface area contributed by atoms with Crippen LogP contribution in [0.3, 0.4) is 0 Å². The summed E-state index contributed by atoms with van der Waals surface area (Å²) in [6.07, 6.45) is 0. The lowest BCUT2D eigenvalue weighted by Gasteiger charge is -2.26. The smallest absolute Gasteiger partial charge is 0.241 e. The standard InChI is InChI=1S/C12H25N3O2/c1-9(2)7-15(8-10(3)4)12(17)6-14-11(16)5-13/h9-10H,5-8,13H2,1-4H3,(H,14,16). The van der Waals surface area contributed by atoms with Crippen LogP contribution in [-0.4, -0.2) is 42.9 Å². The molecule has 5 nitrogen and oxygen atoms in total. The van der Waals surface area contributed by atoms with Crippen LogP contribution in [0, 0.1) is 11.8 Å². The van der Waals surface area contributed by atoms with Gasteiger partial charge in [-0.15, -0.1) is 0 Å². The predicted molar refractivity (Wildman–Crippen MR) is 68.3 cm³/mol. The Balaban J connectivity index is 4.26. The summed E-state index contributed by atoms with van der Waals surface area (Å²) >= 11 is 0. The average molecular weight is 243 g/mol. The van der Waals surface area contributed by atoms with Crippen LogP contribution in [0.2, 0.25) is 0 Å². The van der Waals surface area contributed by atoms with Crippen LogP contribution in [0.25, 0.3) is 0 Å². The molecule has 100 valence electrons. The molecule has 0 fully saturated rings. The largest absolute Gasteiger partial charge is 0.346 e. The van der Waals surface area contributed by atoms with E-state index in [2.05, 4.69) is 33.0 Å². The first-order valence-corrected chi connectivity index (χ1v) is 6.11. The molecule has 17 heavy (non-hydrogen) atoms. The van der Waals surface area contributed by atoms with Crippen LogP contribution in [0.15, 0.2) is 0 Å². The number of nitrogens with zero attached hydrogens (tertiary/aromatic N) is 1. The van der Waals surface area contributed by atoms with E-state index >= 15 is 0 Å². The van der Waals surface area contributed by atoms with E-state index in [0.717, 1.165) is 13.1 Å². The highest BCUT2D eigenvalue weighted by Gasteiger charge is 2.16. The molecule has 0 aromatic carbocycles. The van der Waals surface area contributed by atoms with E-state index in [9.17, 15) is 9.59 Å². The van der Waals surface area contributed by atoms with Gasteiger partial charge in [-0.05, 0) is 11.8 Å². The molecule has 0 aliphatic heterocycles. The lowest BCUT2D eigenvalue weighted by Crippen LogP contribution is -2.44. The van der Waals surface area contributed by atoms with Crippen LogP contribution in [0.4, 0.5) is 0 Å². The van der Waals surface area contributed by atoms with Crippen molar-refractivity contribution in [1.29, 1.82) is 0 Å². The Labute approximate surface area is 104 Å². The van der Waals surface area contributed by atoms with Crippen molar-refractivity contribution in [1.82, 2.24) is 10.2 Å². The third kappa shape index (κ3) is 7.74. The molecule has 0 saturated carbocycles. The third-order valence-corrected chi connectivity index (χ3v) is 2.15. The molecule has 0 spiro atoms. The van der Waals surface area contributed by atoms with Crippen molar-refractivity contribution >= 4 is 11.8 Å². The van der Waals surface area contributed by atoms with Crippen molar-refractivity contribution in [2.24, 2.45) is 17.6 Å². The Kier molecular flexibility index (Phi) is 7.54. The third-order valence-electron chi connectivity index (χ3n) is 2.15. The van der Waals surface area contributed by atoms with Crippen LogP contribution < -0.4 is 11.1 Å². The Morgan fingerprint density at radius 2 is 1.59 bits per heavy atom. The van der Waals surface area contributed by atoms with Crippen molar-refractivity contribution in [3.8, 4) is 0 Å².